The molecule has 20 heavy (non-hydrogen) atoms. The molecule has 0 saturated heterocycles. The molecule has 0 aliphatic carbocycles. The van der Waals surface area contributed by atoms with Gasteiger partial charge in [-0.25, -0.2) is 0 Å². The summed E-state index contributed by atoms with van der Waals surface area (Å²) in [4.78, 5) is 16.0. The zero-order valence-electron chi connectivity index (χ0n) is 11.8. The van der Waals surface area contributed by atoms with E-state index in [-0.39, 0.29) is 11.9 Å². The molecule has 0 unspecified atom stereocenters. The molecule has 1 atom stereocenters. The van der Waals surface area contributed by atoms with Crippen LogP contribution in [0.25, 0.3) is 11.4 Å². The number of hydrogen-bond acceptors (Lipinski definition) is 4. The average molecular weight is 273 g/mol. The first-order valence-corrected chi connectivity index (χ1v) is 6.89. The average Bonchev–Trinajstić information content (AvgIpc) is 2.96. The fourth-order valence-corrected chi connectivity index (χ4v) is 1.83. The van der Waals surface area contributed by atoms with Crippen LogP contribution in [0.3, 0.4) is 0 Å². The molecule has 1 heterocycles. The maximum Gasteiger partial charge on any atom is 0.249 e. The van der Waals surface area contributed by atoms with Crippen LogP contribution in [0.2, 0.25) is 0 Å². The second-order valence-electron chi connectivity index (χ2n) is 4.72. The minimum absolute atomic E-state index is 0.0128. The maximum atomic E-state index is 11.7. The van der Waals surface area contributed by atoms with Crippen molar-refractivity contribution in [1.82, 2.24) is 15.5 Å². The molecule has 5 heteroatoms. The number of nitrogens with zero attached hydrogens (tertiary/aromatic N) is 2. The Morgan fingerprint density at radius 3 is 2.80 bits per heavy atom. The van der Waals surface area contributed by atoms with Gasteiger partial charge in [-0.1, -0.05) is 48.8 Å². The first-order valence-electron chi connectivity index (χ1n) is 6.89. The molecule has 0 aliphatic heterocycles. The molecule has 2 aromatic rings. The number of carbonyl (C=O) groups is 1. The third kappa shape index (κ3) is 3.66. The van der Waals surface area contributed by atoms with E-state index in [4.69, 9.17) is 4.52 Å². The van der Waals surface area contributed by atoms with Gasteiger partial charge in [-0.15, -0.1) is 0 Å². The lowest BCUT2D eigenvalue weighted by molar-refractivity contribution is -0.122. The smallest absolute Gasteiger partial charge is 0.249 e. The molecule has 0 aliphatic rings. The van der Waals surface area contributed by atoms with Crippen LogP contribution in [0.1, 0.15) is 45.0 Å². The van der Waals surface area contributed by atoms with Crippen molar-refractivity contribution in [2.45, 2.75) is 39.2 Å². The summed E-state index contributed by atoms with van der Waals surface area (Å²) in [5, 5.41) is 6.80. The van der Waals surface area contributed by atoms with Crippen LogP contribution < -0.4 is 5.32 Å². The number of hydrogen-bond donors (Lipinski definition) is 1. The molecular formula is C15H19N3O2. The van der Waals surface area contributed by atoms with Gasteiger partial charge in [-0.3, -0.25) is 4.79 Å². The van der Waals surface area contributed by atoms with Crippen LogP contribution >= 0.6 is 0 Å². The van der Waals surface area contributed by atoms with Gasteiger partial charge in [0.15, 0.2) is 0 Å². The number of aromatic nitrogens is 2. The molecule has 5 nitrogen and oxygen atoms in total. The van der Waals surface area contributed by atoms with Crippen LogP contribution in [-0.4, -0.2) is 16.0 Å². The van der Waals surface area contributed by atoms with Gasteiger partial charge < -0.3 is 9.84 Å². The number of rotatable bonds is 6. The lowest BCUT2D eigenvalue weighted by Crippen LogP contribution is -2.26. The highest BCUT2D eigenvalue weighted by atomic mass is 16.5. The molecule has 0 spiro atoms. The molecule has 0 bridgehead atoms. The van der Waals surface area contributed by atoms with E-state index in [0.717, 1.165) is 18.4 Å². The summed E-state index contributed by atoms with van der Waals surface area (Å²) >= 11 is 0. The Bertz CT molecular complexity index is 551. The second kappa shape index (κ2) is 6.84. The van der Waals surface area contributed by atoms with Crippen molar-refractivity contribution in [3.8, 4) is 11.4 Å². The number of carbonyl (C=O) groups excluding carboxylic acids is 1. The molecule has 0 fully saturated rings. The monoisotopic (exact) mass is 273 g/mol. The van der Waals surface area contributed by atoms with Gasteiger partial charge in [0.25, 0.3) is 0 Å². The number of unbranched alkanes of at least 4 members (excludes halogenated alkanes) is 1. The first kappa shape index (κ1) is 14.2. The lowest BCUT2D eigenvalue weighted by Gasteiger charge is -2.08. The van der Waals surface area contributed by atoms with E-state index in [1.807, 2.05) is 37.3 Å². The van der Waals surface area contributed by atoms with Gasteiger partial charge in [-0.05, 0) is 13.3 Å². The Kier molecular flexibility index (Phi) is 4.87. The third-order valence-electron chi connectivity index (χ3n) is 2.98. The van der Waals surface area contributed by atoms with Gasteiger partial charge in [0.05, 0.1) is 0 Å². The second-order valence-corrected chi connectivity index (χ2v) is 4.72. The largest absolute Gasteiger partial charge is 0.345 e. The Morgan fingerprint density at radius 2 is 2.10 bits per heavy atom. The quantitative estimate of drug-likeness (QED) is 0.878. The van der Waals surface area contributed by atoms with E-state index in [9.17, 15) is 4.79 Å². The summed E-state index contributed by atoms with van der Waals surface area (Å²) in [6, 6.07) is 9.33. The topological polar surface area (TPSA) is 68.0 Å². The summed E-state index contributed by atoms with van der Waals surface area (Å²) in [7, 11) is 0. The van der Waals surface area contributed by atoms with Crippen molar-refractivity contribution in [1.29, 1.82) is 0 Å². The molecule has 1 amide bonds. The van der Waals surface area contributed by atoms with E-state index in [0.29, 0.717) is 18.1 Å². The number of benzene rings is 1. The van der Waals surface area contributed by atoms with Crippen LogP contribution in [0.5, 0.6) is 0 Å². The SMILES string of the molecule is CCCCC(=O)N[C@H](C)c1nc(-c2ccccc2)no1. The fourth-order valence-electron chi connectivity index (χ4n) is 1.83. The predicted octanol–water partition coefficient (Wildman–Crippen LogP) is 3.10. The van der Waals surface area contributed by atoms with E-state index in [1.54, 1.807) is 0 Å². The molecule has 0 radical (unpaired) electrons. The van der Waals surface area contributed by atoms with Gasteiger partial charge in [0.1, 0.15) is 6.04 Å². The maximum absolute atomic E-state index is 11.7. The Hall–Kier alpha value is -2.17. The van der Waals surface area contributed by atoms with Gasteiger partial charge >= 0.3 is 0 Å². The normalized spacial score (nSPS) is 12.1. The van der Waals surface area contributed by atoms with Gasteiger partial charge in [0, 0.05) is 12.0 Å². The molecule has 0 saturated carbocycles. The van der Waals surface area contributed by atoms with E-state index in [2.05, 4.69) is 22.4 Å². The summed E-state index contributed by atoms with van der Waals surface area (Å²) < 4.78 is 5.21. The minimum atomic E-state index is -0.274. The standard InChI is InChI=1S/C15H19N3O2/c1-3-4-10-13(19)16-11(2)15-17-14(18-20-15)12-8-6-5-7-9-12/h5-9,11H,3-4,10H2,1-2H3,(H,16,19)/t11-/m1/s1. The molecule has 106 valence electrons. The third-order valence-corrected chi connectivity index (χ3v) is 2.98. The van der Waals surface area contributed by atoms with E-state index in [1.165, 1.54) is 0 Å². The number of nitrogens with one attached hydrogen (secondary N) is 1. The highest BCUT2D eigenvalue weighted by molar-refractivity contribution is 5.76. The Labute approximate surface area is 118 Å². The Balaban J connectivity index is 2.00. The lowest BCUT2D eigenvalue weighted by atomic mass is 10.2. The van der Waals surface area contributed by atoms with Crippen molar-refractivity contribution in [2.75, 3.05) is 0 Å². The molecule has 1 aromatic heterocycles. The van der Waals surface area contributed by atoms with Gasteiger partial charge in [-0.2, -0.15) is 4.98 Å². The van der Waals surface area contributed by atoms with Crippen molar-refractivity contribution in [2.24, 2.45) is 0 Å². The van der Waals surface area contributed by atoms with E-state index < -0.39 is 0 Å². The first-order chi connectivity index (χ1) is 9.70. The van der Waals surface area contributed by atoms with Crippen LogP contribution in [0.15, 0.2) is 34.9 Å². The van der Waals surface area contributed by atoms with Crippen LogP contribution in [-0.2, 0) is 4.79 Å². The van der Waals surface area contributed by atoms with Crippen molar-refractivity contribution in [3.63, 3.8) is 0 Å². The molecular weight excluding hydrogens is 254 g/mol. The number of amides is 1. The molecule has 1 N–H and O–H groups in total. The van der Waals surface area contributed by atoms with Gasteiger partial charge in [0.2, 0.25) is 17.6 Å². The predicted molar refractivity (Wildman–Crippen MR) is 75.8 cm³/mol. The Morgan fingerprint density at radius 1 is 1.35 bits per heavy atom. The summed E-state index contributed by atoms with van der Waals surface area (Å²) in [6.07, 6.45) is 2.42. The summed E-state index contributed by atoms with van der Waals surface area (Å²) in [5.74, 6) is 0.975. The summed E-state index contributed by atoms with van der Waals surface area (Å²) in [5.41, 5.74) is 0.895. The van der Waals surface area contributed by atoms with Crippen molar-refractivity contribution in [3.05, 3.63) is 36.2 Å². The fraction of sp³-hybridized carbons (Fsp3) is 0.400. The summed E-state index contributed by atoms with van der Waals surface area (Å²) in [6.45, 7) is 3.90. The van der Waals surface area contributed by atoms with E-state index >= 15 is 0 Å². The highest BCUT2D eigenvalue weighted by Crippen LogP contribution is 2.18. The van der Waals surface area contributed by atoms with Crippen LogP contribution in [0.4, 0.5) is 0 Å². The molecule has 1 aromatic carbocycles. The minimum Gasteiger partial charge on any atom is -0.345 e. The zero-order chi connectivity index (χ0) is 14.4. The molecule has 2 rings (SSSR count). The van der Waals surface area contributed by atoms with Crippen molar-refractivity contribution < 1.29 is 9.32 Å². The highest BCUT2D eigenvalue weighted by Gasteiger charge is 2.16. The van der Waals surface area contributed by atoms with Crippen LogP contribution in [0, 0.1) is 0 Å². The zero-order valence-corrected chi connectivity index (χ0v) is 11.8. The van der Waals surface area contributed by atoms with Crippen molar-refractivity contribution >= 4 is 5.91 Å².